The zero-order chi connectivity index (χ0) is 14.3. The summed E-state index contributed by atoms with van der Waals surface area (Å²) in [5.41, 5.74) is -1.88. The highest BCUT2D eigenvalue weighted by Gasteiger charge is 2.47. The summed E-state index contributed by atoms with van der Waals surface area (Å²) in [4.78, 5) is 34.3. The number of carbonyl (C=O) groups excluding carboxylic acids is 2. The van der Waals surface area contributed by atoms with Crippen molar-refractivity contribution >= 4 is 42.8 Å². The Labute approximate surface area is 118 Å². The SMILES string of the molecule is CC(=O)C(CCC[C@H](S)CCS)(C(C)=O)C(=O)O. The smallest absolute Gasteiger partial charge is 0.324 e. The fraction of sp³-hybridized carbons (Fsp3) is 0.750. The third kappa shape index (κ3) is 4.31. The predicted molar refractivity (Wildman–Crippen MR) is 76.5 cm³/mol. The maximum absolute atomic E-state index is 11.5. The lowest BCUT2D eigenvalue weighted by molar-refractivity contribution is -0.159. The molecule has 0 aromatic heterocycles. The summed E-state index contributed by atoms with van der Waals surface area (Å²) < 4.78 is 0. The highest BCUT2D eigenvalue weighted by Crippen LogP contribution is 2.29. The molecule has 104 valence electrons. The van der Waals surface area contributed by atoms with Crippen LogP contribution < -0.4 is 0 Å². The van der Waals surface area contributed by atoms with E-state index in [0.29, 0.717) is 18.6 Å². The van der Waals surface area contributed by atoms with Gasteiger partial charge in [-0.1, -0.05) is 6.42 Å². The van der Waals surface area contributed by atoms with Crippen LogP contribution in [0.4, 0.5) is 0 Å². The van der Waals surface area contributed by atoms with E-state index in [1.165, 1.54) is 0 Å². The molecule has 0 aromatic carbocycles. The van der Waals surface area contributed by atoms with Gasteiger partial charge in [0.2, 0.25) is 0 Å². The summed E-state index contributed by atoms with van der Waals surface area (Å²) >= 11 is 8.41. The van der Waals surface area contributed by atoms with E-state index >= 15 is 0 Å². The van der Waals surface area contributed by atoms with E-state index in [1.54, 1.807) is 0 Å². The van der Waals surface area contributed by atoms with Crippen LogP contribution >= 0.6 is 25.3 Å². The monoisotopic (exact) mass is 292 g/mol. The number of carboxylic acid groups (broad SMARTS) is 1. The van der Waals surface area contributed by atoms with E-state index in [4.69, 9.17) is 5.11 Å². The van der Waals surface area contributed by atoms with Crippen LogP contribution in [-0.2, 0) is 14.4 Å². The standard InChI is InChI=1S/C12H20O4S2/c1-8(13)12(9(2)14,11(15)16)6-3-4-10(18)5-7-17/h10,17-18H,3-7H2,1-2H3,(H,15,16)/t10-/m0/s1. The number of carboxylic acids is 1. The topological polar surface area (TPSA) is 71.4 Å². The number of hydrogen-bond acceptors (Lipinski definition) is 5. The Bertz CT molecular complexity index is 292. The average molecular weight is 292 g/mol. The molecule has 0 saturated heterocycles. The lowest BCUT2D eigenvalue weighted by Gasteiger charge is -2.24. The van der Waals surface area contributed by atoms with Crippen LogP contribution in [0.1, 0.15) is 39.5 Å². The fourth-order valence-electron chi connectivity index (χ4n) is 1.90. The summed E-state index contributed by atoms with van der Waals surface area (Å²) in [5, 5.41) is 9.28. The van der Waals surface area contributed by atoms with Gasteiger partial charge in [0.15, 0.2) is 17.0 Å². The Balaban J connectivity index is 4.68. The minimum atomic E-state index is -1.88. The van der Waals surface area contributed by atoms with Gasteiger partial charge in [-0.25, -0.2) is 0 Å². The van der Waals surface area contributed by atoms with Crippen molar-refractivity contribution in [3.63, 3.8) is 0 Å². The normalized spacial score (nSPS) is 13.1. The van der Waals surface area contributed by atoms with E-state index in [-0.39, 0.29) is 11.7 Å². The largest absolute Gasteiger partial charge is 0.480 e. The van der Waals surface area contributed by atoms with Crippen LogP contribution in [0, 0.1) is 5.41 Å². The molecule has 0 saturated carbocycles. The van der Waals surface area contributed by atoms with Crippen molar-refractivity contribution in [2.75, 3.05) is 5.75 Å². The molecule has 0 aliphatic heterocycles. The van der Waals surface area contributed by atoms with Gasteiger partial charge in [0.1, 0.15) is 0 Å². The lowest BCUT2D eigenvalue weighted by Crippen LogP contribution is -2.44. The minimum absolute atomic E-state index is 0.0383. The first-order valence-electron chi connectivity index (χ1n) is 5.83. The summed E-state index contributed by atoms with van der Waals surface area (Å²) in [6, 6.07) is 0. The van der Waals surface area contributed by atoms with E-state index < -0.39 is 23.0 Å². The average Bonchev–Trinajstić information content (AvgIpc) is 2.23. The van der Waals surface area contributed by atoms with Crippen molar-refractivity contribution in [3.05, 3.63) is 0 Å². The first kappa shape index (κ1) is 17.5. The van der Waals surface area contributed by atoms with Gasteiger partial charge in [-0.15, -0.1) is 0 Å². The lowest BCUT2D eigenvalue weighted by atomic mass is 9.76. The molecular weight excluding hydrogens is 272 g/mol. The summed E-state index contributed by atoms with van der Waals surface area (Å²) in [6.07, 6.45) is 2.00. The second-order valence-corrected chi connectivity index (χ2v) is 5.56. The number of ketones is 2. The second-order valence-electron chi connectivity index (χ2n) is 4.38. The number of carbonyl (C=O) groups is 3. The van der Waals surface area contributed by atoms with Gasteiger partial charge in [-0.2, -0.15) is 25.3 Å². The Kier molecular flexibility index (Phi) is 7.62. The molecule has 0 aliphatic rings. The Hall–Kier alpha value is -0.490. The highest BCUT2D eigenvalue weighted by atomic mass is 32.1. The molecule has 1 N–H and O–H groups in total. The van der Waals surface area contributed by atoms with Crippen LogP contribution in [-0.4, -0.2) is 33.6 Å². The van der Waals surface area contributed by atoms with Crippen molar-refractivity contribution in [1.82, 2.24) is 0 Å². The van der Waals surface area contributed by atoms with Gasteiger partial charge in [0.25, 0.3) is 0 Å². The van der Waals surface area contributed by atoms with E-state index in [1.807, 2.05) is 0 Å². The van der Waals surface area contributed by atoms with Crippen molar-refractivity contribution in [2.45, 2.75) is 44.8 Å². The van der Waals surface area contributed by atoms with Crippen molar-refractivity contribution in [2.24, 2.45) is 5.41 Å². The van der Waals surface area contributed by atoms with E-state index in [9.17, 15) is 14.4 Å². The minimum Gasteiger partial charge on any atom is -0.480 e. The Morgan fingerprint density at radius 2 is 1.67 bits per heavy atom. The molecule has 6 heteroatoms. The van der Waals surface area contributed by atoms with Crippen LogP contribution in [0.25, 0.3) is 0 Å². The molecule has 0 aliphatic carbocycles. The Morgan fingerprint density at radius 3 is 2.00 bits per heavy atom. The van der Waals surface area contributed by atoms with Gasteiger partial charge in [-0.05, 0) is 38.9 Å². The molecule has 4 nitrogen and oxygen atoms in total. The molecule has 0 rings (SSSR count). The highest BCUT2D eigenvalue weighted by molar-refractivity contribution is 7.81. The van der Waals surface area contributed by atoms with Gasteiger partial charge in [-0.3, -0.25) is 14.4 Å². The van der Waals surface area contributed by atoms with Crippen molar-refractivity contribution in [3.8, 4) is 0 Å². The van der Waals surface area contributed by atoms with Gasteiger partial charge < -0.3 is 5.11 Å². The zero-order valence-corrected chi connectivity index (χ0v) is 12.5. The number of rotatable bonds is 9. The molecule has 0 unspecified atom stereocenters. The third-order valence-corrected chi connectivity index (χ3v) is 3.89. The third-order valence-electron chi connectivity index (χ3n) is 3.12. The fourth-order valence-corrected chi connectivity index (χ4v) is 2.73. The van der Waals surface area contributed by atoms with Gasteiger partial charge in [0.05, 0.1) is 0 Å². The van der Waals surface area contributed by atoms with E-state index in [0.717, 1.165) is 20.3 Å². The van der Waals surface area contributed by atoms with Crippen LogP contribution in [0.2, 0.25) is 0 Å². The predicted octanol–water partition coefficient (Wildman–Crippen LogP) is 2.02. The Morgan fingerprint density at radius 1 is 1.17 bits per heavy atom. The quantitative estimate of drug-likeness (QED) is 0.449. The van der Waals surface area contributed by atoms with Crippen LogP contribution in [0.15, 0.2) is 0 Å². The molecule has 0 fully saturated rings. The van der Waals surface area contributed by atoms with Gasteiger partial charge >= 0.3 is 5.97 Å². The first-order chi connectivity index (χ1) is 8.28. The molecule has 0 amide bonds. The first-order valence-corrected chi connectivity index (χ1v) is 6.98. The molecule has 18 heavy (non-hydrogen) atoms. The molecule has 0 radical (unpaired) electrons. The molecule has 0 aromatic rings. The zero-order valence-electron chi connectivity index (χ0n) is 10.7. The maximum atomic E-state index is 11.5. The number of Topliss-reactive ketones (excluding diaryl/α,β-unsaturated/α-hetero) is 2. The summed E-state index contributed by atoms with van der Waals surface area (Å²) in [6.45, 7) is 2.31. The van der Waals surface area contributed by atoms with Crippen LogP contribution in [0.3, 0.4) is 0 Å². The molecular formula is C12H20O4S2. The summed E-state index contributed by atoms with van der Waals surface area (Å²) in [5.74, 6) is -1.86. The van der Waals surface area contributed by atoms with E-state index in [2.05, 4.69) is 25.3 Å². The van der Waals surface area contributed by atoms with Crippen molar-refractivity contribution < 1.29 is 19.5 Å². The summed E-state index contributed by atoms with van der Waals surface area (Å²) in [7, 11) is 0. The van der Waals surface area contributed by atoms with Crippen molar-refractivity contribution in [1.29, 1.82) is 0 Å². The maximum Gasteiger partial charge on any atom is 0.324 e. The second kappa shape index (κ2) is 7.84. The number of aliphatic carboxylic acids is 1. The molecule has 0 spiro atoms. The molecule has 0 heterocycles. The number of hydrogen-bond donors (Lipinski definition) is 3. The molecule has 0 bridgehead atoms. The van der Waals surface area contributed by atoms with Crippen LogP contribution in [0.5, 0.6) is 0 Å². The van der Waals surface area contributed by atoms with Gasteiger partial charge in [0, 0.05) is 5.25 Å². The molecule has 1 atom stereocenters. The number of thiol groups is 2.